The van der Waals surface area contributed by atoms with Gasteiger partial charge in [0.05, 0.1) is 12.2 Å². The Balaban J connectivity index is 2.14. The molecule has 1 aliphatic carbocycles. The Morgan fingerprint density at radius 3 is 2.74 bits per heavy atom. The minimum absolute atomic E-state index is 0.0374. The fourth-order valence-corrected chi connectivity index (χ4v) is 4.02. The highest BCUT2D eigenvalue weighted by molar-refractivity contribution is 6.04. The number of allylic oxidation sites excluding steroid dienone is 3. The van der Waals surface area contributed by atoms with Crippen LogP contribution in [-0.4, -0.2) is 23.5 Å². The van der Waals surface area contributed by atoms with E-state index in [1.807, 2.05) is 19.9 Å². The number of ether oxygens (including phenoxy) is 1. The molecule has 0 saturated carbocycles. The van der Waals surface area contributed by atoms with E-state index in [1.54, 1.807) is 18.2 Å². The molecule has 1 aromatic carbocycles. The summed E-state index contributed by atoms with van der Waals surface area (Å²) >= 11 is 0. The van der Waals surface area contributed by atoms with E-state index in [9.17, 15) is 14.7 Å². The molecule has 0 fully saturated rings. The van der Waals surface area contributed by atoms with E-state index in [0.717, 1.165) is 24.1 Å². The van der Waals surface area contributed by atoms with Gasteiger partial charge in [0.25, 0.3) is 0 Å². The van der Waals surface area contributed by atoms with E-state index in [2.05, 4.69) is 19.2 Å². The number of ketones is 1. The molecule has 27 heavy (non-hydrogen) atoms. The molecule has 0 aromatic heterocycles. The third-order valence-electron chi connectivity index (χ3n) is 5.10. The third kappa shape index (κ3) is 3.77. The van der Waals surface area contributed by atoms with Gasteiger partial charge in [0, 0.05) is 29.3 Å². The molecular weight excluding hydrogens is 342 g/mol. The third-order valence-corrected chi connectivity index (χ3v) is 5.10. The number of esters is 1. The van der Waals surface area contributed by atoms with Gasteiger partial charge in [-0.05, 0) is 42.9 Å². The number of phenolic OH excluding ortho intramolecular Hbond substituents is 1. The van der Waals surface area contributed by atoms with E-state index < -0.39 is 11.9 Å². The molecular formula is C22H27NO4. The van der Waals surface area contributed by atoms with Gasteiger partial charge in [-0.2, -0.15) is 0 Å². The molecule has 144 valence electrons. The first-order valence-electron chi connectivity index (χ1n) is 9.43. The van der Waals surface area contributed by atoms with Crippen LogP contribution in [0.2, 0.25) is 0 Å². The second-order valence-corrected chi connectivity index (χ2v) is 8.16. The second kappa shape index (κ2) is 7.22. The highest BCUT2D eigenvalue weighted by atomic mass is 16.5. The van der Waals surface area contributed by atoms with Crippen molar-refractivity contribution in [1.82, 2.24) is 5.32 Å². The number of phenols is 1. The van der Waals surface area contributed by atoms with E-state index >= 15 is 0 Å². The SMILES string of the molecule is CCCOC(=O)C1=C(C)NC2=C(C(=O)CC(C)(C)C2)C1c1cccc(O)c1. The molecule has 5 nitrogen and oxygen atoms in total. The van der Waals surface area contributed by atoms with Crippen LogP contribution in [0.1, 0.15) is 58.4 Å². The number of rotatable bonds is 4. The maximum absolute atomic E-state index is 13.1. The Morgan fingerprint density at radius 2 is 2.07 bits per heavy atom. The van der Waals surface area contributed by atoms with Crippen molar-refractivity contribution in [3.63, 3.8) is 0 Å². The summed E-state index contributed by atoms with van der Waals surface area (Å²) < 4.78 is 5.41. The lowest BCUT2D eigenvalue weighted by Gasteiger charge is -2.39. The van der Waals surface area contributed by atoms with Crippen molar-refractivity contribution < 1.29 is 19.4 Å². The fraction of sp³-hybridized carbons (Fsp3) is 0.455. The van der Waals surface area contributed by atoms with Gasteiger partial charge in [-0.3, -0.25) is 4.79 Å². The number of carbonyl (C=O) groups excluding carboxylic acids is 2. The van der Waals surface area contributed by atoms with Crippen LogP contribution < -0.4 is 5.32 Å². The molecule has 5 heteroatoms. The van der Waals surface area contributed by atoms with Crippen LogP contribution in [0, 0.1) is 5.41 Å². The zero-order valence-corrected chi connectivity index (χ0v) is 16.4. The number of benzene rings is 1. The smallest absolute Gasteiger partial charge is 0.336 e. The topological polar surface area (TPSA) is 75.6 Å². The molecule has 3 rings (SSSR count). The van der Waals surface area contributed by atoms with Gasteiger partial charge in [-0.1, -0.05) is 32.9 Å². The Morgan fingerprint density at radius 1 is 1.33 bits per heavy atom. The molecule has 0 spiro atoms. The fourth-order valence-electron chi connectivity index (χ4n) is 4.02. The molecule has 0 amide bonds. The Kier molecular flexibility index (Phi) is 5.13. The average Bonchev–Trinajstić information content (AvgIpc) is 2.57. The monoisotopic (exact) mass is 369 g/mol. The summed E-state index contributed by atoms with van der Waals surface area (Å²) in [5.74, 6) is -0.799. The van der Waals surface area contributed by atoms with Crippen molar-refractivity contribution >= 4 is 11.8 Å². The van der Waals surface area contributed by atoms with Crippen LogP contribution in [0.3, 0.4) is 0 Å². The number of nitrogens with one attached hydrogen (secondary N) is 1. The lowest BCUT2D eigenvalue weighted by Crippen LogP contribution is -2.38. The highest BCUT2D eigenvalue weighted by Gasteiger charge is 2.43. The zero-order valence-electron chi connectivity index (χ0n) is 16.4. The molecule has 2 N–H and O–H groups in total. The summed E-state index contributed by atoms with van der Waals surface area (Å²) in [6.07, 6.45) is 1.89. The molecule has 0 saturated heterocycles. The number of hydrogen-bond acceptors (Lipinski definition) is 5. The minimum atomic E-state index is -0.527. The van der Waals surface area contributed by atoms with Gasteiger partial charge in [0.1, 0.15) is 5.75 Å². The summed E-state index contributed by atoms with van der Waals surface area (Å²) in [7, 11) is 0. The number of hydrogen-bond donors (Lipinski definition) is 2. The molecule has 1 aliphatic heterocycles. The first kappa shape index (κ1) is 19.2. The molecule has 1 heterocycles. The van der Waals surface area contributed by atoms with Crippen LogP contribution in [0.5, 0.6) is 5.75 Å². The van der Waals surface area contributed by atoms with Crippen LogP contribution in [-0.2, 0) is 14.3 Å². The lowest BCUT2D eigenvalue weighted by atomic mass is 9.68. The number of aromatic hydroxyl groups is 1. The molecule has 0 bridgehead atoms. The molecule has 1 aromatic rings. The standard InChI is InChI=1S/C22H27NO4/c1-5-9-27-21(26)18-13(2)23-16-11-22(3,4)12-17(25)20(16)19(18)14-7-6-8-15(24)10-14/h6-8,10,19,23-24H,5,9,11-12H2,1-4H3. The van der Waals surface area contributed by atoms with Crippen LogP contribution in [0.4, 0.5) is 0 Å². The number of carbonyl (C=O) groups is 2. The Hall–Kier alpha value is -2.56. The maximum Gasteiger partial charge on any atom is 0.336 e. The van der Waals surface area contributed by atoms with Crippen LogP contribution in [0.25, 0.3) is 0 Å². The summed E-state index contributed by atoms with van der Waals surface area (Å²) in [6, 6.07) is 6.77. The first-order chi connectivity index (χ1) is 12.7. The van der Waals surface area contributed by atoms with Crippen molar-refractivity contribution in [3.8, 4) is 5.75 Å². The van der Waals surface area contributed by atoms with E-state index in [0.29, 0.717) is 29.9 Å². The average molecular weight is 369 g/mol. The van der Waals surface area contributed by atoms with Gasteiger partial charge in [0.2, 0.25) is 0 Å². The predicted octanol–water partition coefficient (Wildman–Crippen LogP) is 3.95. The van der Waals surface area contributed by atoms with Crippen LogP contribution in [0.15, 0.2) is 46.8 Å². The summed E-state index contributed by atoms with van der Waals surface area (Å²) in [4.78, 5) is 25.9. The van der Waals surface area contributed by atoms with Gasteiger partial charge < -0.3 is 15.2 Å². The molecule has 2 aliphatic rings. The van der Waals surface area contributed by atoms with Crippen molar-refractivity contribution in [1.29, 1.82) is 0 Å². The van der Waals surface area contributed by atoms with Crippen molar-refractivity contribution in [3.05, 3.63) is 52.4 Å². The van der Waals surface area contributed by atoms with E-state index in [1.165, 1.54) is 0 Å². The van der Waals surface area contributed by atoms with Crippen molar-refractivity contribution in [2.75, 3.05) is 6.61 Å². The van der Waals surface area contributed by atoms with E-state index in [-0.39, 0.29) is 16.9 Å². The van der Waals surface area contributed by atoms with E-state index in [4.69, 9.17) is 4.74 Å². The molecule has 1 atom stereocenters. The lowest BCUT2D eigenvalue weighted by molar-refractivity contribution is -0.139. The first-order valence-corrected chi connectivity index (χ1v) is 9.43. The predicted molar refractivity (Wildman–Crippen MR) is 103 cm³/mol. The van der Waals surface area contributed by atoms with Crippen molar-refractivity contribution in [2.45, 2.75) is 52.9 Å². The molecule has 0 radical (unpaired) electrons. The number of dihydropyridines is 1. The largest absolute Gasteiger partial charge is 0.508 e. The van der Waals surface area contributed by atoms with Crippen molar-refractivity contribution in [2.24, 2.45) is 5.41 Å². The Bertz CT molecular complexity index is 848. The quantitative estimate of drug-likeness (QED) is 0.786. The van der Waals surface area contributed by atoms with Gasteiger partial charge in [-0.15, -0.1) is 0 Å². The van der Waals surface area contributed by atoms with Crippen LogP contribution >= 0.6 is 0 Å². The zero-order chi connectivity index (χ0) is 19.8. The summed E-state index contributed by atoms with van der Waals surface area (Å²) in [5.41, 5.74) is 3.23. The van der Waals surface area contributed by atoms with Gasteiger partial charge in [0.15, 0.2) is 5.78 Å². The minimum Gasteiger partial charge on any atom is -0.508 e. The molecule has 1 unspecified atom stereocenters. The van der Waals surface area contributed by atoms with Gasteiger partial charge >= 0.3 is 5.97 Å². The normalized spacial score (nSPS) is 21.6. The Labute approximate surface area is 160 Å². The summed E-state index contributed by atoms with van der Waals surface area (Å²) in [5, 5.41) is 13.3. The van der Waals surface area contributed by atoms with Gasteiger partial charge in [-0.25, -0.2) is 4.79 Å². The second-order valence-electron chi connectivity index (χ2n) is 8.16. The highest BCUT2D eigenvalue weighted by Crippen LogP contribution is 2.47. The maximum atomic E-state index is 13.1. The summed E-state index contributed by atoms with van der Waals surface area (Å²) in [6.45, 7) is 8.25. The number of Topliss-reactive ketones (excluding diaryl/α,β-unsaturated/α-hetero) is 1.